The van der Waals surface area contributed by atoms with E-state index in [0.29, 0.717) is 6.54 Å². The number of nitrogens with zero attached hydrogens (tertiary/aromatic N) is 1. The fourth-order valence-electron chi connectivity index (χ4n) is 1.10. The maximum atomic E-state index is 11.7. The molecule has 0 bridgehead atoms. The Morgan fingerprint density at radius 2 is 2.00 bits per heavy atom. The van der Waals surface area contributed by atoms with Gasteiger partial charge in [-0.1, -0.05) is 12.7 Å². The van der Waals surface area contributed by atoms with Gasteiger partial charge < -0.3 is 4.74 Å². The van der Waals surface area contributed by atoms with Crippen LogP contribution in [0.3, 0.4) is 0 Å². The van der Waals surface area contributed by atoms with Gasteiger partial charge in [0.05, 0.1) is 0 Å². The third-order valence-electron chi connectivity index (χ3n) is 1.71. The molecule has 0 heterocycles. The molecule has 0 aromatic rings. The Kier molecular flexibility index (Phi) is 5.12. The Labute approximate surface area is 92.4 Å². The fraction of sp³-hybridized carbons (Fsp3) is 0.583. The molecular weight excluding hydrogens is 190 g/mol. The molecule has 1 amide bonds. The summed E-state index contributed by atoms with van der Waals surface area (Å²) in [6.07, 6.45) is 3.12. The number of ether oxygens (including phenoxy) is 1. The van der Waals surface area contributed by atoms with Crippen molar-refractivity contribution < 1.29 is 9.53 Å². The molecule has 0 fully saturated rings. The highest BCUT2D eigenvalue weighted by molar-refractivity contribution is 5.70. The molecule has 86 valence electrons. The van der Waals surface area contributed by atoms with Crippen LogP contribution >= 0.6 is 0 Å². The molecule has 0 aliphatic rings. The summed E-state index contributed by atoms with van der Waals surface area (Å²) in [7, 11) is 0. The van der Waals surface area contributed by atoms with Crippen molar-refractivity contribution in [2.24, 2.45) is 0 Å². The summed E-state index contributed by atoms with van der Waals surface area (Å²) in [6, 6.07) is 0. The minimum absolute atomic E-state index is 0.319. The summed E-state index contributed by atoms with van der Waals surface area (Å²) in [5.74, 6) is 0. The monoisotopic (exact) mass is 211 g/mol. The van der Waals surface area contributed by atoms with Crippen LogP contribution in [-0.4, -0.2) is 23.1 Å². The molecule has 0 aromatic heterocycles. The van der Waals surface area contributed by atoms with Crippen LogP contribution in [-0.2, 0) is 4.74 Å². The van der Waals surface area contributed by atoms with Crippen molar-refractivity contribution in [2.75, 3.05) is 6.54 Å². The second kappa shape index (κ2) is 5.59. The quantitative estimate of drug-likeness (QED) is 0.670. The molecule has 0 N–H and O–H groups in total. The Morgan fingerprint density at radius 3 is 2.33 bits per heavy atom. The van der Waals surface area contributed by atoms with Gasteiger partial charge in [0.2, 0.25) is 0 Å². The van der Waals surface area contributed by atoms with Crippen molar-refractivity contribution in [3.05, 3.63) is 24.4 Å². The average molecular weight is 211 g/mol. The van der Waals surface area contributed by atoms with Gasteiger partial charge in [0, 0.05) is 12.2 Å². The largest absolute Gasteiger partial charge is 0.443 e. The van der Waals surface area contributed by atoms with E-state index in [0.717, 1.165) is 5.70 Å². The summed E-state index contributed by atoms with van der Waals surface area (Å²) in [6.45, 7) is 13.5. The predicted octanol–water partition coefficient (Wildman–Crippen LogP) is 3.33. The molecule has 0 saturated heterocycles. The first-order valence-electron chi connectivity index (χ1n) is 5.11. The number of carbonyl (C=O) groups is 1. The molecule has 0 saturated carbocycles. The van der Waals surface area contributed by atoms with Crippen LogP contribution in [0.5, 0.6) is 0 Å². The fourth-order valence-corrected chi connectivity index (χ4v) is 1.10. The first-order valence-corrected chi connectivity index (χ1v) is 5.11. The zero-order chi connectivity index (χ0) is 12.1. The molecule has 0 radical (unpaired) electrons. The van der Waals surface area contributed by atoms with E-state index in [1.807, 2.05) is 34.6 Å². The van der Waals surface area contributed by atoms with Crippen LogP contribution in [0.15, 0.2) is 24.4 Å². The van der Waals surface area contributed by atoms with Gasteiger partial charge in [-0.15, -0.1) is 0 Å². The second-order valence-corrected chi connectivity index (χ2v) is 4.27. The number of rotatable bonds is 3. The Morgan fingerprint density at radius 1 is 1.47 bits per heavy atom. The van der Waals surface area contributed by atoms with Crippen LogP contribution in [0.2, 0.25) is 0 Å². The number of allylic oxidation sites excluding steroid dienone is 3. The number of carbonyl (C=O) groups excluding carboxylic acids is 1. The van der Waals surface area contributed by atoms with E-state index in [9.17, 15) is 4.79 Å². The van der Waals surface area contributed by atoms with E-state index < -0.39 is 5.60 Å². The molecule has 0 aliphatic carbocycles. The lowest BCUT2D eigenvalue weighted by Gasteiger charge is -2.26. The molecule has 0 atom stereocenters. The summed E-state index contributed by atoms with van der Waals surface area (Å²) >= 11 is 0. The normalized spacial score (nSPS) is 12.2. The van der Waals surface area contributed by atoms with Gasteiger partial charge in [-0.2, -0.15) is 0 Å². The SMILES string of the molecule is C=C/C=C(\C)N(CC)C(=O)OC(C)(C)C. The zero-order valence-corrected chi connectivity index (χ0v) is 10.3. The van der Waals surface area contributed by atoms with Gasteiger partial charge in [-0.25, -0.2) is 4.79 Å². The van der Waals surface area contributed by atoms with Gasteiger partial charge in [0.1, 0.15) is 5.60 Å². The third-order valence-corrected chi connectivity index (χ3v) is 1.71. The molecule has 0 aromatic carbocycles. The molecule has 0 unspecified atom stereocenters. The van der Waals surface area contributed by atoms with Crippen LogP contribution in [0.1, 0.15) is 34.6 Å². The molecule has 15 heavy (non-hydrogen) atoms. The van der Waals surface area contributed by atoms with E-state index >= 15 is 0 Å². The smallest absolute Gasteiger partial charge is 0.414 e. The highest BCUT2D eigenvalue weighted by Crippen LogP contribution is 2.13. The first kappa shape index (κ1) is 13.8. The lowest BCUT2D eigenvalue weighted by molar-refractivity contribution is 0.0322. The minimum Gasteiger partial charge on any atom is -0.443 e. The number of amides is 1. The third kappa shape index (κ3) is 5.25. The van der Waals surface area contributed by atoms with E-state index in [-0.39, 0.29) is 6.09 Å². The summed E-state index contributed by atoms with van der Waals surface area (Å²) in [4.78, 5) is 13.3. The van der Waals surface area contributed by atoms with Crippen molar-refractivity contribution >= 4 is 6.09 Å². The maximum Gasteiger partial charge on any atom is 0.414 e. The van der Waals surface area contributed by atoms with Crippen molar-refractivity contribution in [2.45, 2.75) is 40.2 Å². The van der Waals surface area contributed by atoms with Crippen molar-refractivity contribution in [3.63, 3.8) is 0 Å². The Bertz CT molecular complexity index is 261. The molecule has 0 aliphatic heterocycles. The van der Waals surface area contributed by atoms with Crippen LogP contribution < -0.4 is 0 Å². The summed E-state index contributed by atoms with van der Waals surface area (Å²) in [5.41, 5.74) is 0.376. The first-order chi connectivity index (χ1) is 6.81. The molecular formula is C12H21NO2. The van der Waals surface area contributed by atoms with E-state index in [1.165, 1.54) is 0 Å². The van der Waals surface area contributed by atoms with Crippen LogP contribution in [0.25, 0.3) is 0 Å². The zero-order valence-electron chi connectivity index (χ0n) is 10.3. The van der Waals surface area contributed by atoms with Crippen molar-refractivity contribution in [1.29, 1.82) is 0 Å². The maximum absolute atomic E-state index is 11.7. The van der Waals surface area contributed by atoms with Crippen molar-refractivity contribution in [3.8, 4) is 0 Å². The van der Waals surface area contributed by atoms with Gasteiger partial charge >= 0.3 is 6.09 Å². The van der Waals surface area contributed by atoms with Gasteiger partial charge in [-0.05, 0) is 40.7 Å². The van der Waals surface area contributed by atoms with Crippen LogP contribution in [0.4, 0.5) is 4.79 Å². The van der Waals surface area contributed by atoms with Gasteiger partial charge in [0.15, 0.2) is 0 Å². The molecule has 0 rings (SSSR count). The van der Waals surface area contributed by atoms with Gasteiger partial charge in [-0.3, -0.25) is 4.90 Å². The van der Waals surface area contributed by atoms with Crippen LogP contribution in [0, 0.1) is 0 Å². The average Bonchev–Trinajstić information content (AvgIpc) is 2.02. The second-order valence-electron chi connectivity index (χ2n) is 4.27. The van der Waals surface area contributed by atoms with E-state index in [1.54, 1.807) is 17.1 Å². The molecule has 3 nitrogen and oxygen atoms in total. The van der Waals surface area contributed by atoms with E-state index in [4.69, 9.17) is 4.74 Å². The lowest BCUT2D eigenvalue weighted by Crippen LogP contribution is -2.35. The summed E-state index contributed by atoms with van der Waals surface area (Å²) < 4.78 is 5.27. The van der Waals surface area contributed by atoms with Crippen molar-refractivity contribution in [1.82, 2.24) is 4.90 Å². The highest BCUT2D eigenvalue weighted by Gasteiger charge is 2.21. The minimum atomic E-state index is -0.459. The molecule has 0 spiro atoms. The highest BCUT2D eigenvalue weighted by atomic mass is 16.6. The Hall–Kier alpha value is -1.25. The van der Waals surface area contributed by atoms with E-state index in [2.05, 4.69) is 6.58 Å². The number of hydrogen-bond donors (Lipinski definition) is 0. The summed E-state index contributed by atoms with van der Waals surface area (Å²) in [5, 5.41) is 0. The number of hydrogen-bond acceptors (Lipinski definition) is 2. The Balaban J connectivity index is 4.62. The standard InChI is InChI=1S/C12H21NO2/c1-7-9-10(3)13(8-2)11(14)15-12(4,5)6/h7,9H,1,8H2,2-6H3/b10-9+. The predicted molar refractivity (Wildman–Crippen MR) is 62.6 cm³/mol. The molecule has 3 heteroatoms. The van der Waals surface area contributed by atoms with Gasteiger partial charge in [0.25, 0.3) is 0 Å². The lowest BCUT2D eigenvalue weighted by atomic mass is 10.2. The topological polar surface area (TPSA) is 29.5 Å².